The van der Waals surface area contributed by atoms with Gasteiger partial charge in [0.25, 0.3) is 10.0 Å². The van der Waals surface area contributed by atoms with E-state index in [0.29, 0.717) is 12.0 Å². The maximum Gasteiger partial charge on any atom is 0.267 e. The van der Waals surface area contributed by atoms with Gasteiger partial charge in [-0.05, 0) is 18.2 Å². The molecule has 2 rings (SSSR count). The van der Waals surface area contributed by atoms with Crippen LogP contribution >= 0.6 is 0 Å². The molecule has 0 aliphatic heterocycles. The number of aldehydes is 1. The molecule has 2 aromatic rings. The van der Waals surface area contributed by atoms with Gasteiger partial charge in [-0.25, -0.2) is 22.2 Å². The summed E-state index contributed by atoms with van der Waals surface area (Å²) in [6, 6.07) is 9.38. The molecule has 1 aromatic carbocycles. The van der Waals surface area contributed by atoms with E-state index in [1.807, 2.05) is 0 Å². The van der Waals surface area contributed by atoms with Crippen LogP contribution in [-0.4, -0.2) is 25.8 Å². The molecule has 106 valence electrons. The quantitative estimate of drug-likeness (QED) is 0.460. The predicted octanol–water partition coefficient (Wildman–Crippen LogP) is 1.62. The molecule has 0 aliphatic rings. The Morgan fingerprint density at radius 3 is 2.55 bits per heavy atom. The van der Waals surface area contributed by atoms with Crippen LogP contribution in [0.5, 0.6) is 0 Å². The largest absolute Gasteiger partial charge is 0.298 e. The lowest BCUT2D eigenvalue weighted by Gasteiger charge is -2.09. The summed E-state index contributed by atoms with van der Waals surface area (Å²) in [6.45, 7) is -0.0869. The van der Waals surface area contributed by atoms with E-state index >= 15 is 0 Å². The van der Waals surface area contributed by atoms with Crippen LogP contribution < -0.4 is 0 Å². The van der Waals surface area contributed by atoms with Gasteiger partial charge in [-0.3, -0.25) is 4.79 Å². The van der Waals surface area contributed by atoms with Crippen molar-refractivity contribution in [3.63, 3.8) is 0 Å². The highest BCUT2D eigenvalue weighted by Gasteiger charge is 2.20. The summed E-state index contributed by atoms with van der Waals surface area (Å²) in [4.78, 5) is 20.2. The first-order chi connectivity index (χ1) is 9.59. The highest BCUT2D eigenvalue weighted by atomic mass is 32.2. The third-order valence-corrected chi connectivity index (χ3v) is 4.37. The van der Waals surface area contributed by atoms with Gasteiger partial charge < -0.3 is 0 Å². The van der Waals surface area contributed by atoms with E-state index in [4.69, 9.17) is 4.89 Å². The van der Waals surface area contributed by atoms with Crippen molar-refractivity contribution in [1.29, 1.82) is 0 Å². The summed E-state index contributed by atoms with van der Waals surface area (Å²) in [6.07, 6.45) is 1.83. The third-order valence-electron chi connectivity index (χ3n) is 2.64. The minimum absolute atomic E-state index is 0.0869. The monoisotopic (exact) mass is 295 g/mol. The molecule has 0 saturated heterocycles. The summed E-state index contributed by atoms with van der Waals surface area (Å²) in [5.74, 6) is 0. The Kier molecular flexibility index (Phi) is 4.33. The van der Waals surface area contributed by atoms with E-state index in [0.717, 1.165) is 3.97 Å². The van der Waals surface area contributed by atoms with Gasteiger partial charge in [0, 0.05) is 11.8 Å². The van der Waals surface area contributed by atoms with Crippen molar-refractivity contribution in [2.75, 3.05) is 7.11 Å². The Morgan fingerprint density at radius 1 is 1.25 bits per heavy atom. The molecule has 0 N–H and O–H groups in total. The summed E-state index contributed by atoms with van der Waals surface area (Å²) < 4.78 is 26.0. The normalized spacial score (nSPS) is 11.4. The Balaban J connectivity index is 2.50. The first kappa shape index (κ1) is 14.4. The van der Waals surface area contributed by atoms with E-state index in [-0.39, 0.29) is 17.1 Å². The van der Waals surface area contributed by atoms with E-state index < -0.39 is 10.0 Å². The van der Waals surface area contributed by atoms with Gasteiger partial charge in [-0.15, -0.1) is 0 Å². The fourth-order valence-corrected chi connectivity index (χ4v) is 3.13. The smallest absolute Gasteiger partial charge is 0.267 e. The average molecular weight is 295 g/mol. The number of carbonyl (C=O) groups excluding carboxylic acids is 1. The molecule has 0 aliphatic carbocycles. The van der Waals surface area contributed by atoms with E-state index in [1.54, 1.807) is 18.2 Å². The number of carbonyl (C=O) groups is 1. The van der Waals surface area contributed by atoms with Crippen LogP contribution in [0.25, 0.3) is 0 Å². The van der Waals surface area contributed by atoms with Crippen molar-refractivity contribution >= 4 is 16.3 Å². The summed E-state index contributed by atoms with van der Waals surface area (Å²) in [5.41, 5.74) is 0.553. The van der Waals surface area contributed by atoms with E-state index in [9.17, 15) is 13.2 Å². The number of nitrogens with zero attached hydrogens (tertiary/aromatic N) is 1. The van der Waals surface area contributed by atoms with Crippen LogP contribution in [0, 0.1) is 0 Å². The number of rotatable bonds is 6. The molecular weight excluding hydrogens is 282 g/mol. The van der Waals surface area contributed by atoms with Crippen LogP contribution in [0.1, 0.15) is 16.1 Å². The maximum atomic E-state index is 12.5. The Labute approximate surface area is 116 Å². The van der Waals surface area contributed by atoms with Crippen molar-refractivity contribution in [3.05, 3.63) is 53.9 Å². The predicted molar refractivity (Wildman–Crippen MR) is 70.6 cm³/mol. The standard InChI is InChI=1S/C13H13NO5S/c1-18-19-10-12-7-11(9-15)8-14(12)20(16,17)13-5-3-2-4-6-13/h2-9H,10H2,1H3. The zero-order chi connectivity index (χ0) is 14.6. The van der Waals surface area contributed by atoms with Crippen molar-refractivity contribution < 1.29 is 23.0 Å². The van der Waals surface area contributed by atoms with Gasteiger partial charge in [0.15, 0.2) is 6.29 Å². The first-order valence-corrected chi connectivity index (χ1v) is 7.16. The van der Waals surface area contributed by atoms with Gasteiger partial charge in [0.05, 0.1) is 17.7 Å². The molecule has 0 unspecified atom stereocenters. The molecule has 7 heteroatoms. The second-order valence-corrected chi connectivity index (χ2v) is 5.74. The molecule has 6 nitrogen and oxygen atoms in total. The summed E-state index contributed by atoms with van der Waals surface area (Å²) in [5, 5.41) is 0. The average Bonchev–Trinajstić information content (AvgIpc) is 2.90. The zero-order valence-electron chi connectivity index (χ0n) is 10.7. The SMILES string of the molecule is COOCc1cc(C=O)cn1S(=O)(=O)c1ccccc1. The van der Waals surface area contributed by atoms with Crippen LogP contribution in [0.2, 0.25) is 0 Å². The topological polar surface area (TPSA) is 74.6 Å². The van der Waals surface area contributed by atoms with Gasteiger partial charge in [0.2, 0.25) is 0 Å². The summed E-state index contributed by atoms with van der Waals surface area (Å²) >= 11 is 0. The molecule has 0 fully saturated rings. The molecule has 1 heterocycles. The number of hydrogen-bond acceptors (Lipinski definition) is 5. The molecule has 0 bridgehead atoms. The first-order valence-electron chi connectivity index (χ1n) is 5.72. The van der Waals surface area contributed by atoms with Crippen molar-refractivity contribution in [1.82, 2.24) is 3.97 Å². The molecule has 0 saturated carbocycles. The molecule has 0 radical (unpaired) electrons. The lowest BCUT2D eigenvalue weighted by Crippen LogP contribution is -2.15. The number of aromatic nitrogens is 1. The Bertz CT molecular complexity index is 691. The lowest BCUT2D eigenvalue weighted by molar-refractivity contribution is -0.282. The molecule has 20 heavy (non-hydrogen) atoms. The lowest BCUT2D eigenvalue weighted by atomic mass is 10.3. The fourth-order valence-electron chi connectivity index (χ4n) is 1.73. The van der Waals surface area contributed by atoms with Crippen molar-refractivity contribution in [2.45, 2.75) is 11.5 Å². The Morgan fingerprint density at radius 2 is 1.95 bits per heavy atom. The van der Waals surface area contributed by atoms with Crippen LogP contribution in [0.3, 0.4) is 0 Å². The van der Waals surface area contributed by atoms with Gasteiger partial charge >= 0.3 is 0 Å². The van der Waals surface area contributed by atoms with Crippen LogP contribution in [-0.2, 0) is 26.4 Å². The molecular formula is C13H13NO5S. The minimum Gasteiger partial charge on any atom is -0.298 e. The molecule has 0 spiro atoms. The fraction of sp³-hybridized carbons (Fsp3) is 0.154. The van der Waals surface area contributed by atoms with Gasteiger partial charge in [-0.2, -0.15) is 0 Å². The van der Waals surface area contributed by atoms with Gasteiger partial charge in [-0.1, -0.05) is 18.2 Å². The highest BCUT2D eigenvalue weighted by Crippen LogP contribution is 2.18. The molecule has 0 amide bonds. The third kappa shape index (κ3) is 2.79. The highest BCUT2D eigenvalue weighted by molar-refractivity contribution is 7.90. The molecule has 0 atom stereocenters. The second kappa shape index (κ2) is 6.00. The second-order valence-electron chi connectivity index (χ2n) is 3.93. The number of hydrogen-bond donors (Lipinski definition) is 0. The number of benzene rings is 1. The van der Waals surface area contributed by atoms with Crippen molar-refractivity contribution in [2.24, 2.45) is 0 Å². The maximum absolute atomic E-state index is 12.5. The van der Waals surface area contributed by atoms with Crippen molar-refractivity contribution in [3.8, 4) is 0 Å². The summed E-state index contributed by atoms with van der Waals surface area (Å²) in [7, 11) is -2.45. The van der Waals surface area contributed by atoms with E-state index in [2.05, 4.69) is 4.89 Å². The minimum atomic E-state index is -3.77. The van der Waals surface area contributed by atoms with Gasteiger partial charge in [0.1, 0.15) is 6.61 Å². The van der Waals surface area contributed by atoms with E-state index in [1.165, 1.54) is 31.5 Å². The molecule has 1 aromatic heterocycles. The van der Waals surface area contributed by atoms with Crippen LogP contribution in [0.15, 0.2) is 47.5 Å². The van der Waals surface area contributed by atoms with Crippen LogP contribution in [0.4, 0.5) is 0 Å². The zero-order valence-corrected chi connectivity index (χ0v) is 11.5. The Hall–Kier alpha value is -1.96.